The monoisotopic (exact) mass is 371 g/mol. The number of rotatable bonds is 5. The summed E-state index contributed by atoms with van der Waals surface area (Å²) in [5.41, 5.74) is 1.20. The lowest BCUT2D eigenvalue weighted by atomic mass is 10.2. The SMILES string of the molecule is O=C1OC(CCOc2ccccc2)=N/C1=C/c1ccc(Br)cc1. The van der Waals surface area contributed by atoms with Gasteiger partial charge < -0.3 is 9.47 Å². The molecule has 5 heteroatoms. The Labute approximate surface area is 142 Å². The van der Waals surface area contributed by atoms with Gasteiger partial charge in [-0.1, -0.05) is 46.3 Å². The Hall–Kier alpha value is -2.40. The smallest absolute Gasteiger partial charge is 0.363 e. The lowest BCUT2D eigenvalue weighted by molar-refractivity contribution is -0.130. The molecule has 0 radical (unpaired) electrons. The second-order valence-corrected chi connectivity index (χ2v) is 5.80. The summed E-state index contributed by atoms with van der Waals surface area (Å²) in [6.07, 6.45) is 2.15. The molecule has 0 bridgehead atoms. The van der Waals surface area contributed by atoms with E-state index in [2.05, 4.69) is 20.9 Å². The maximum absolute atomic E-state index is 11.8. The topological polar surface area (TPSA) is 47.9 Å². The number of benzene rings is 2. The highest BCUT2D eigenvalue weighted by molar-refractivity contribution is 9.10. The summed E-state index contributed by atoms with van der Waals surface area (Å²) in [7, 11) is 0. The molecule has 0 atom stereocenters. The Bertz CT molecular complexity index is 752. The molecule has 0 N–H and O–H groups in total. The molecule has 0 fully saturated rings. The number of nitrogens with zero attached hydrogens (tertiary/aromatic N) is 1. The third-order valence-electron chi connectivity index (χ3n) is 3.17. The van der Waals surface area contributed by atoms with Crippen LogP contribution in [-0.2, 0) is 9.53 Å². The van der Waals surface area contributed by atoms with Crippen molar-refractivity contribution in [2.24, 2.45) is 4.99 Å². The number of esters is 1. The second-order valence-electron chi connectivity index (χ2n) is 4.89. The van der Waals surface area contributed by atoms with E-state index in [1.807, 2.05) is 54.6 Å². The molecule has 1 heterocycles. The number of para-hydroxylation sites is 1. The zero-order valence-electron chi connectivity index (χ0n) is 12.2. The number of hydrogen-bond acceptors (Lipinski definition) is 4. The first-order chi connectivity index (χ1) is 11.2. The van der Waals surface area contributed by atoms with Gasteiger partial charge in [0, 0.05) is 4.47 Å². The minimum absolute atomic E-state index is 0.307. The second kappa shape index (κ2) is 7.24. The van der Waals surface area contributed by atoms with E-state index in [4.69, 9.17) is 9.47 Å². The summed E-state index contributed by atoms with van der Waals surface area (Å²) >= 11 is 3.37. The van der Waals surface area contributed by atoms with Crippen molar-refractivity contribution in [2.75, 3.05) is 6.61 Å². The van der Waals surface area contributed by atoms with Gasteiger partial charge in [-0.05, 0) is 35.9 Å². The number of hydrogen-bond donors (Lipinski definition) is 0. The third kappa shape index (κ3) is 4.29. The van der Waals surface area contributed by atoms with E-state index < -0.39 is 5.97 Å². The molecule has 0 saturated heterocycles. The quantitative estimate of drug-likeness (QED) is 0.584. The first-order valence-corrected chi connectivity index (χ1v) is 7.95. The molecule has 23 heavy (non-hydrogen) atoms. The van der Waals surface area contributed by atoms with Gasteiger partial charge in [0.05, 0.1) is 13.0 Å². The van der Waals surface area contributed by atoms with Crippen molar-refractivity contribution >= 4 is 33.9 Å². The number of halogens is 1. The van der Waals surface area contributed by atoms with Crippen molar-refractivity contribution in [1.82, 2.24) is 0 Å². The van der Waals surface area contributed by atoms with Crippen LogP contribution in [0.5, 0.6) is 5.75 Å². The van der Waals surface area contributed by atoms with Gasteiger partial charge in [0.2, 0.25) is 5.90 Å². The van der Waals surface area contributed by atoms with Gasteiger partial charge in [0.15, 0.2) is 5.70 Å². The minimum Gasteiger partial charge on any atom is -0.493 e. The molecule has 0 saturated carbocycles. The molecule has 2 aromatic rings. The van der Waals surface area contributed by atoms with Gasteiger partial charge in [-0.25, -0.2) is 9.79 Å². The van der Waals surface area contributed by atoms with Crippen LogP contribution >= 0.6 is 15.9 Å². The van der Waals surface area contributed by atoms with Crippen LogP contribution in [-0.4, -0.2) is 18.5 Å². The third-order valence-corrected chi connectivity index (χ3v) is 3.69. The Kier molecular flexibility index (Phi) is 4.88. The average molecular weight is 372 g/mol. The molecule has 2 aromatic carbocycles. The number of ether oxygens (including phenoxy) is 2. The zero-order chi connectivity index (χ0) is 16.1. The van der Waals surface area contributed by atoms with Crippen molar-refractivity contribution in [2.45, 2.75) is 6.42 Å². The van der Waals surface area contributed by atoms with E-state index in [1.165, 1.54) is 0 Å². The van der Waals surface area contributed by atoms with Crippen LogP contribution in [0.3, 0.4) is 0 Å². The molecule has 0 amide bonds. The van der Waals surface area contributed by atoms with Crippen LogP contribution in [0.4, 0.5) is 0 Å². The van der Waals surface area contributed by atoms with Gasteiger partial charge >= 0.3 is 5.97 Å². The first kappa shape index (κ1) is 15.5. The van der Waals surface area contributed by atoms with Crippen LogP contribution in [0.25, 0.3) is 6.08 Å². The van der Waals surface area contributed by atoms with Crippen LogP contribution in [0.1, 0.15) is 12.0 Å². The van der Waals surface area contributed by atoms with Crippen LogP contribution in [0, 0.1) is 0 Å². The van der Waals surface area contributed by atoms with Crippen molar-refractivity contribution in [1.29, 1.82) is 0 Å². The fourth-order valence-corrected chi connectivity index (χ4v) is 2.31. The molecule has 1 aliphatic heterocycles. The van der Waals surface area contributed by atoms with Crippen molar-refractivity contribution < 1.29 is 14.3 Å². The van der Waals surface area contributed by atoms with E-state index in [-0.39, 0.29) is 0 Å². The number of cyclic esters (lactones) is 1. The number of carbonyl (C=O) groups excluding carboxylic acids is 1. The van der Waals surface area contributed by atoms with Crippen molar-refractivity contribution in [3.8, 4) is 5.75 Å². The average Bonchev–Trinajstić information content (AvgIpc) is 2.90. The Morgan fingerprint density at radius 3 is 2.57 bits per heavy atom. The van der Waals surface area contributed by atoms with Gasteiger partial charge in [-0.2, -0.15) is 0 Å². The van der Waals surface area contributed by atoms with Crippen molar-refractivity contribution in [3.63, 3.8) is 0 Å². The van der Waals surface area contributed by atoms with Gasteiger partial charge in [-0.3, -0.25) is 0 Å². The number of aliphatic imine (C=N–C) groups is 1. The lowest BCUT2D eigenvalue weighted by Crippen LogP contribution is -2.08. The Balaban J connectivity index is 1.61. The molecule has 0 aliphatic carbocycles. The largest absolute Gasteiger partial charge is 0.493 e. The van der Waals surface area contributed by atoms with Crippen molar-refractivity contribution in [3.05, 3.63) is 70.3 Å². The van der Waals surface area contributed by atoms with Gasteiger partial charge in [0.1, 0.15) is 5.75 Å². The normalized spacial score (nSPS) is 15.4. The molecule has 0 aromatic heterocycles. The molecular formula is C18H14BrNO3. The Morgan fingerprint density at radius 2 is 1.83 bits per heavy atom. The molecule has 116 valence electrons. The maximum atomic E-state index is 11.8. The molecule has 4 nitrogen and oxygen atoms in total. The predicted octanol–water partition coefficient (Wildman–Crippen LogP) is 4.21. The highest BCUT2D eigenvalue weighted by atomic mass is 79.9. The van der Waals surface area contributed by atoms with Crippen LogP contribution in [0.15, 0.2) is 69.8 Å². The van der Waals surface area contributed by atoms with E-state index in [0.29, 0.717) is 24.6 Å². The summed E-state index contributed by atoms with van der Waals surface area (Å²) in [6.45, 7) is 0.404. The highest BCUT2D eigenvalue weighted by Crippen LogP contribution is 2.19. The van der Waals surface area contributed by atoms with Gasteiger partial charge in [0.25, 0.3) is 0 Å². The summed E-state index contributed by atoms with van der Waals surface area (Å²) in [5, 5.41) is 0. The predicted molar refractivity (Wildman–Crippen MR) is 92.2 cm³/mol. The van der Waals surface area contributed by atoms with E-state index in [0.717, 1.165) is 15.8 Å². The van der Waals surface area contributed by atoms with E-state index >= 15 is 0 Å². The Morgan fingerprint density at radius 1 is 1.09 bits per heavy atom. The number of carbonyl (C=O) groups is 1. The summed E-state index contributed by atoms with van der Waals surface area (Å²) in [6, 6.07) is 17.1. The zero-order valence-corrected chi connectivity index (χ0v) is 13.8. The first-order valence-electron chi connectivity index (χ1n) is 7.15. The fraction of sp³-hybridized carbons (Fsp3) is 0.111. The maximum Gasteiger partial charge on any atom is 0.363 e. The lowest BCUT2D eigenvalue weighted by Gasteiger charge is -2.04. The molecule has 3 rings (SSSR count). The van der Waals surface area contributed by atoms with Crippen LogP contribution in [0.2, 0.25) is 0 Å². The highest BCUT2D eigenvalue weighted by Gasteiger charge is 2.22. The molecule has 0 unspecified atom stereocenters. The minimum atomic E-state index is -0.428. The standard InChI is InChI=1S/C18H14BrNO3/c19-14-8-6-13(7-9-14)12-16-18(21)23-17(20-16)10-11-22-15-4-2-1-3-5-15/h1-9,12H,10-11H2/b16-12+. The molecular weight excluding hydrogens is 358 g/mol. The van der Waals surface area contributed by atoms with Crippen LogP contribution < -0.4 is 4.74 Å². The van der Waals surface area contributed by atoms with E-state index in [9.17, 15) is 4.79 Å². The molecule has 0 spiro atoms. The summed E-state index contributed by atoms with van der Waals surface area (Å²) < 4.78 is 11.7. The molecule has 1 aliphatic rings. The summed E-state index contributed by atoms with van der Waals surface area (Å²) in [4.78, 5) is 16.1. The summed E-state index contributed by atoms with van der Waals surface area (Å²) in [5.74, 6) is 0.736. The fourth-order valence-electron chi connectivity index (χ4n) is 2.05. The van der Waals surface area contributed by atoms with Gasteiger partial charge in [-0.15, -0.1) is 0 Å². The van der Waals surface area contributed by atoms with E-state index in [1.54, 1.807) is 6.08 Å².